The number of benzene rings is 1. The topological polar surface area (TPSA) is 12.9 Å². The van der Waals surface area contributed by atoms with Crippen molar-refractivity contribution in [1.82, 2.24) is 4.98 Å². The third-order valence-electron chi connectivity index (χ3n) is 1.89. The fourth-order valence-corrected chi connectivity index (χ4v) is 2.02. The van der Waals surface area contributed by atoms with Crippen LogP contribution in [0.15, 0.2) is 41.4 Å². The van der Waals surface area contributed by atoms with E-state index in [4.69, 9.17) is 0 Å². The number of rotatable bonds is 2. The summed E-state index contributed by atoms with van der Waals surface area (Å²) in [6.07, 6.45) is 1.83. The third-order valence-corrected chi connectivity index (χ3v) is 2.76. The largest absolute Gasteiger partial charge is 0.256 e. The predicted molar refractivity (Wildman–Crippen MR) is 58.1 cm³/mol. The van der Waals surface area contributed by atoms with Crippen molar-refractivity contribution in [3.8, 4) is 0 Å². The van der Waals surface area contributed by atoms with E-state index in [0.717, 1.165) is 11.3 Å². The lowest BCUT2D eigenvalue weighted by Gasteiger charge is -2.00. The van der Waals surface area contributed by atoms with Gasteiger partial charge < -0.3 is 0 Å². The minimum Gasteiger partial charge on any atom is -0.256 e. The van der Waals surface area contributed by atoms with Gasteiger partial charge in [0.2, 0.25) is 0 Å². The second-order valence-corrected chi connectivity index (χ2v) is 4.13. The Morgan fingerprint density at radius 2 is 2.23 bits per heavy atom. The summed E-state index contributed by atoms with van der Waals surface area (Å²) in [5.41, 5.74) is 1.07. The van der Waals surface area contributed by atoms with Crippen molar-refractivity contribution in [2.75, 3.05) is 5.75 Å². The van der Waals surface area contributed by atoms with Gasteiger partial charge in [-0.15, -0.1) is 11.8 Å². The summed E-state index contributed by atoms with van der Waals surface area (Å²) in [5.74, 6) is 1.12. The maximum atomic E-state index is 4.27. The number of aromatic nitrogens is 1. The molecular weight excluding hydrogens is 178 g/mol. The van der Waals surface area contributed by atoms with E-state index in [-0.39, 0.29) is 0 Å². The Morgan fingerprint density at radius 3 is 3.08 bits per heavy atom. The first-order valence-electron chi connectivity index (χ1n) is 4.38. The number of fused-ring (bicyclic) bond motifs is 1. The van der Waals surface area contributed by atoms with Gasteiger partial charge >= 0.3 is 0 Å². The number of hydrogen-bond acceptors (Lipinski definition) is 2. The van der Waals surface area contributed by atoms with Crippen LogP contribution in [0.3, 0.4) is 0 Å². The van der Waals surface area contributed by atoms with E-state index in [1.54, 1.807) is 0 Å². The fourth-order valence-electron chi connectivity index (χ4n) is 1.31. The molecule has 2 rings (SSSR count). The normalized spacial score (nSPS) is 10.5. The molecule has 0 N–H and O–H groups in total. The quantitative estimate of drug-likeness (QED) is 0.672. The first kappa shape index (κ1) is 8.57. The smallest absolute Gasteiger partial charge is 0.0702 e. The molecule has 13 heavy (non-hydrogen) atoms. The zero-order chi connectivity index (χ0) is 9.10. The van der Waals surface area contributed by atoms with E-state index in [0.29, 0.717) is 0 Å². The molecule has 0 bridgehead atoms. The Hall–Kier alpha value is -1.02. The lowest BCUT2D eigenvalue weighted by Crippen LogP contribution is -1.78. The zero-order valence-electron chi connectivity index (χ0n) is 7.53. The van der Waals surface area contributed by atoms with E-state index >= 15 is 0 Å². The van der Waals surface area contributed by atoms with Crippen LogP contribution in [0.4, 0.5) is 0 Å². The van der Waals surface area contributed by atoms with Crippen LogP contribution in [0.25, 0.3) is 10.9 Å². The van der Waals surface area contributed by atoms with Crippen LogP contribution < -0.4 is 0 Å². The van der Waals surface area contributed by atoms with Crippen molar-refractivity contribution >= 4 is 22.7 Å². The molecule has 0 aliphatic heterocycles. The molecule has 0 saturated heterocycles. The van der Waals surface area contributed by atoms with Crippen LogP contribution in [-0.2, 0) is 0 Å². The highest BCUT2D eigenvalue weighted by atomic mass is 32.2. The van der Waals surface area contributed by atoms with E-state index in [2.05, 4.69) is 36.2 Å². The van der Waals surface area contributed by atoms with Crippen molar-refractivity contribution < 1.29 is 0 Å². The van der Waals surface area contributed by atoms with Crippen molar-refractivity contribution in [3.63, 3.8) is 0 Å². The fraction of sp³-hybridized carbons (Fsp3) is 0.182. The molecule has 2 aromatic rings. The number of nitrogens with zero attached hydrogens (tertiary/aromatic N) is 1. The Bertz CT molecular complexity index is 412. The SMILES string of the molecule is CCSc1ccc2ncccc2c1. The first-order chi connectivity index (χ1) is 6.40. The summed E-state index contributed by atoms with van der Waals surface area (Å²) in [5, 5.41) is 1.22. The van der Waals surface area contributed by atoms with E-state index in [1.165, 1.54) is 10.3 Å². The second-order valence-electron chi connectivity index (χ2n) is 2.79. The maximum Gasteiger partial charge on any atom is 0.0702 e. The van der Waals surface area contributed by atoms with Gasteiger partial charge in [0.05, 0.1) is 5.52 Å². The van der Waals surface area contributed by atoms with E-state index < -0.39 is 0 Å². The molecule has 1 nitrogen and oxygen atoms in total. The monoisotopic (exact) mass is 189 g/mol. The van der Waals surface area contributed by atoms with Crippen LogP contribution in [0.1, 0.15) is 6.92 Å². The Balaban J connectivity index is 2.49. The highest BCUT2D eigenvalue weighted by Crippen LogP contribution is 2.21. The molecule has 0 spiro atoms. The van der Waals surface area contributed by atoms with E-state index in [1.807, 2.05) is 24.0 Å². The maximum absolute atomic E-state index is 4.27. The standard InChI is InChI=1S/C11H11NS/c1-2-13-10-5-6-11-9(8-10)4-3-7-12-11/h3-8H,2H2,1H3. The highest BCUT2D eigenvalue weighted by Gasteiger charge is 1.95. The Morgan fingerprint density at radius 1 is 1.31 bits per heavy atom. The summed E-state index contributed by atoms with van der Waals surface area (Å²) in [4.78, 5) is 5.60. The summed E-state index contributed by atoms with van der Waals surface area (Å²) in [6.45, 7) is 2.16. The Labute approximate surface area is 82.2 Å². The van der Waals surface area contributed by atoms with Crippen LogP contribution >= 0.6 is 11.8 Å². The van der Waals surface area contributed by atoms with Crippen LogP contribution in [0.2, 0.25) is 0 Å². The molecule has 0 aliphatic carbocycles. The van der Waals surface area contributed by atoms with Gasteiger partial charge in [-0.25, -0.2) is 0 Å². The van der Waals surface area contributed by atoms with Crippen LogP contribution in [0.5, 0.6) is 0 Å². The van der Waals surface area contributed by atoms with Gasteiger partial charge in [-0.2, -0.15) is 0 Å². The summed E-state index contributed by atoms with van der Waals surface area (Å²) in [6, 6.07) is 10.5. The predicted octanol–water partition coefficient (Wildman–Crippen LogP) is 3.35. The molecule has 66 valence electrons. The van der Waals surface area contributed by atoms with Crippen LogP contribution in [0, 0.1) is 0 Å². The van der Waals surface area contributed by atoms with Gasteiger partial charge in [0.25, 0.3) is 0 Å². The zero-order valence-corrected chi connectivity index (χ0v) is 8.34. The molecular formula is C11H11NS. The lowest BCUT2D eigenvalue weighted by atomic mass is 10.2. The molecule has 1 aromatic heterocycles. The summed E-state index contributed by atoms with van der Waals surface area (Å²) < 4.78 is 0. The molecule has 1 heterocycles. The molecule has 0 fully saturated rings. The first-order valence-corrected chi connectivity index (χ1v) is 5.36. The van der Waals surface area contributed by atoms with Gasteiger partial charge in [0.1, 0.15) is 0 Å². The lowest BCUT2D eigenvalue weighted by molar-refractivity contribution is 1.38. The number of pyridine rings is 1. The minimum atomic E-state index is 1.07. The number of hydrogen-bond donors (Lipinski definition) is 0. The molecule has 0 atom stereocenters. The second kappa shape index (κ2) is 3.79. The molecule has 2 heteroatoms. The van der Waals surface area contributed by atoms with Crippen molar-refractivity contribution in [2.45, 2.75) is 11.8 Å². The average molecular weight is 189 g/mol. The highest BCUT2D eigenvalue weighted by molar-refractivity contribution is 7.99. The molecule has 0 amide bonds. The molecule has 1 aromatic carbocycles. The van der Waals surface area contributed by atoms with Crippen molar-refractivity contribution in [2.24, 2.45) is 0 Å². The van der Waals surface area contributed by atoms with Crippen molar-refractivity contribution in [1.29, 1.82) is 0 Å². The molecule has 0 saturated carbocycles. The van der Waals surface area contributed by atoms with Gasteiger partial charge in [0.15, 0.2) is 0 Å². The van der Waals surface area contributed by atoms with Crippen LogP contribution in [-0.4, -0.2) is 10.7 Å². The molecule has 0 radical (unpaired) electrons. The Kier molecular flexibility index (Phi) is 2.50. The van der Waals surface area contributed by atoms with E-state index in [9.17, 15) is 0 Å². The molecule has 0 aliphatic rings. The minimum absolute atomic E-state index is 1.07. The van der Waals surface area contributed by atoms with Crippen molar-refractivity contribution in [3.05, 3.63) is 36.5 Å². The summed E-state index contributed by atoms with van der Waals surface area (Å²) >= 11 is 1.86. The van der Waals surface area contributed by atoms with Gasteiger partial charge in [-0.3, -0.25) is 4.98 Å². The third kappa shape index (κ3) is 1.83. The van der Waals surface area contributed by atoms with Gasteiger partial charge in [0, 0.05) is 16.5 Å². The summed E-state index contributed by atoms with van der Waals surface area (Å²) in [7, 11) is 0. The number of thioether (sulfide) groups is 1. The molecule has 0 unspecified atom stereocenters. The average Bonchev–Trinajstić information content (AvgIpc) is 2.18. The van der Waals surface area contributed by atoms with Gasteiger partial charge in [-0.05, 0) is 30.0 Å². The van der Waals surface area contributed by atoms with Gasteiger partial charge in [-0.1, -0.05) is 13.0 Å².